The summed E-state index contributed by atoms with van der Waals surface area (Å²) in [5.41, 5.74) is 2.69. The molecule has 0 aliphatic carbocycles. The summed E-state index contributed by atoms with van der Waals surface area (Å²) in [6.07, 6.45) is 4.75. The van der Waals surface area contributed by atoms with E-state index < -0.39 is 5.97 Å². The van der Waals surface area contributed by atoms with Gasteiger partial charge in [-0.15, -0.1) is 0 Å². The zero-order chi connectivity index (χ0) is 17.6. The number of amides is 1. The first-order valence-corrected chi connectivity index (χ1v) is 7.61. The summed E-state index contributed by atoms with van der Waals surface area (Å²) in [6, 6.07) is 13.5. The normalized spacial score (nSPS) is 10.2. The van der Waals surface area contributed by atoms with Gasteiger partial charge in [0.05, 0.1) is 11.3 Å². The van der Waals surface area contributed by atoms with Gasteiger partial charge in [-0.2, -0.15) is 0 Å². The lowest BCUT2D eigenvalue weighted by atomic mass is 10.0. The van der Waals surface area contributed by atoms with Crippen LogP contribution in [0.25, 0.3) is 11.3 Å². The second kappa shape index (κ2) is 7.35. The van der Waals surface area contributed by atoms with E-state index in [0.29, 0.717) is 23.4 Å². The third-order valence-corrected chi connectivity index (χ3v) is 3.65. The zero-order valence-electron chi connectivity index (χ0n) is 13.2. The maximum absolute atomic E-state index is 12.0. The van der Waals surface area contributed by atoms with E-state index in [4.69, 9.17) is 0 Å². The molecule has 3 aromatic rings. The van der Waals surface area contributed by atoms with Gasteiger partial charge in [-0.1, -0.05) is 24.3 Å². The van der Waals surface area contributed by atoms with E-state index in [-0.39, 0.29) is 11.5 Å². The minimum atomic E-state index is -0.994. The van der Waals surface area contributed by atoms with Gasteiger partial charge in [0.15, 0.2) is 0 Å². The quantitative estimate of drug-likeness (QED) is 0.749. The van der Waals surface area contributed by atoms with Gasteiger partial charge >= 0.3 is 5.97 Å². The van der Waals surface area contributed by atoms with Gasteiger partial charge in [0.2, 0.25) is 0 Å². The van der Waals surface area contributed by atoms with E-state index in [9.17, 15) is 14.7 Å². The number of aromatic nitrogens is 2. The van der Waals surface area contributed by atoms with E-state index in [1.165, 1.54) is 0 Å². The van der Waals surface area contributed by atoms with Gasteiger partial charge in [-0.25, -0.2) is 4.79 Å². The molecule has 0 atom stereocenters. The number of rotatable bonds is 5. The first kappa shape index (κ1) is 16.3. The second-order valence-electron chi connectivity index (χ2n) is 5.32. The first-order chi connectivity index (χ1) is 12.1. The number of nitrogens with zero attached hydrogens (tertiary/aromatic N) is 2. The fourth-order valence-corrected chi connectivity index (χ4v) is 2.37. The van der Waals surface area contributed by atoms with Crippen molar-refractivity contribution in [2.75, 3.05) is 0 Å². The van der Waals surface area contributed by atoms with Crippen LogP contribution in [-0.4, -0.2) is 27.0 Å². The van der Waals surface area contributed by atoms with Crippen molar-refractivity contribution in [3.05, 3.63) is 83.8 Å². The van der Waals surface area contributed by atoms with Crippen molar-refractivity contribution in [3.8, 4) is 11.3 Å². The van der Waals surface area contributed by atoms with Crippen LogP contribution in [-0.2, 0) is 6.54 Å². The van der Waals surface area contributed by atoms with Crippen molar-refractivity contribution in [3.63, 3.8) is 0 Å². The van der Waals surface area contributed by atoms with Crippen LogP contribution in [0.3, 0.4) is 0 Å². The molecule has 0 radical (unpaired) electrons. The standard InChI is InChI=1S/C19H15N3O3/c23-18(14-7-9-20-10-8-14)22-12-13-5-6-17(21-11-13)15-3-1-2-4-16(15)19(24)25/h1-11H,12H2,(H,22,23)(H,24,25). The van der Waals surface area contributed by atoms with Crippen LogP contribution in [0, 0.1) is 0 Å². The Bertz CT molecular complexity index is 893. The Morgan fingerprint density at radius 3 is 2.44 bits per heavy atom. The highest BCUT2D eigenvalue weighted by Crippen LogP contribution is 2.21. The Morgan fingerprint density at radius 2 is 1.76 bits per heavy atom. The summed E-state index contributed by atoms with van der Waals surface area (Å²) in [7, 11) is 0. The molecule has 0 spiro atoms. The molecule has 2 heterocycles. The summed E-state index contributed by atoms with van der Waals surface area (Å²) in [6.45, 7) is 0.328. The molecular weight excluding hydrogens is 318 g/mol. The predicted octanol–water partition coefficient (Wildman–Crippen LogP) is 2.77. The lowest BCUT2D eigenvalue weighted by Crippen LogP contribution is -2.22. The molecule has 1 amide bonds. The SMILES string of the molecule is O=C(NCc1ccc(-c2ccccc2C(=O)O)nc1)c1ccncc1. The third kappa shape index (κ3) is 3.87. The summed E-state index contributed by atoms with van der Waals surface area (Å²) >= 11 is 0. The number of carboxylic acids is 1. The third-order valence-electron chi connectivity index (χ3n) is 3.65. The second-order valence-corrected chi connectivity index (χ2v) is 5.32. The largest absolute Gasteiger partial charge is 0.478 e. The molecular formula is C19H15N3O3. The number of carbonyl (C=O) groups excluding carboxylic acids is 1. The number of hydrogen-bond donors (Lipinski definition) is 2. The lowest BCUT2D eigenvalue weighted by Gasteiger charge is -2.08. The predicted molar refractivity (Wildman–Crippen MR) is 92.0 cm³/mol. The summed E-state index contributed by atoms with van der Waals surface area (Å²) in [4.78, 5) is 31.5. The van der Waals surface area contributed by atoms with Gasteiger partial charge in [0.1, 0.15) is 0 Å². The maximum Gasteiger partial charge on any atom is 0.336 e. The van der Waals surface area contributed by atoms with Crippen LogP contribution < -0.4 is 5.32 Å². The van der Waals surface area contributed by atoms with E-state index in [2.05, 4.69) is 15.3 Å². The minimum Gasteiger partial charge on any atom is -0.478 e. The Morgan fingerprint density at radius 1 is 1.00 bits per heavy atom. The highest BCUT2D eigenvalue weighted by Gasteiger charge is 2.11. The molecule has 25 heavy (non-hydrogen) atoms. The average Bonchev–Trinajstić information content (AvgIpc) is 2.67. The van der Waals surface area contributed by atoms with Crippen molar-refractivity contribution >= 4 is 11.9 Å². The molecule has 0 saturated carbocycles. The van der Waals surface area contributed by atoms with Gasteiger partial charge in [-0.3, -0.25) is 14.8 Å². The number of aromatic carboxylic acids is 1. The monoisotopic (exact) mass is 333 g/mol. The summed E-state index contributed by atoms with van der Waals surface area (Å²) in [5, 5.41) is 12.1. The number of nitrogens with one attached hydrogen (secondary N) is 1. The zero-order valence-corrected chi connectivity index (χ0v) is 13.2. The minimum absolute atomic E-state index is 0.192. The van der Waals surface area contributed by atoms with E-state index in [1.807, 2.05) is 6.07 Å². The van der Waals surface area contributed by atoms with Crippen molar-refractivity contribution in [2.24, 2.45) is 0 Å². The topological polar surface area (TPSA) is 92.2 Å². The lowest BCUT2D eigenvalue weighted by molar-refractivity contribution is 0.0697. The van der Waals surface area contributed by atoms with Crippen molar-refractivity contribution in [1.82, 2.24) is 15.3 Å². The van der Waals surface area contributed by atoms with Crippen LogP contribution in [0.4, 0.5) is 0 Å². The molecule has 0 saturated heterocycles. The summed E-state index contributed by atoms with van der Waals surface area (Å²) < 4.78 is 0. The smallest absolute Gasteiger partial charge is 0.336 e. The molecule has 6 nitrogen and oxygen atoms in total. The van der Waals surface area contributed by atoms with Gasteiger partial charge < -0.3 is 10.4 Å². The molecule has 124 valence electrons. The molecule has 0 aliphatic heterocycles. The molecule has 6 heteroatoms. The van der Waals surface area contributed by atoms with Crippen LogP contribution in [0.2, 0.25) is 0 Å². The van der Waals surface area contributed by atoms with Crippen LogP contribution in [0.15, 0.2) is 67.1 Å². The van der Waals surface area contributed by atoms with Crippen LogP contribution in [0.5, 0.6) is 0 Å². The molecule has 0 fully saturated rings. The van der Waals surface area contributed by atoms with Crippen molar-refractivity contribution in [1.29, 1.82) is 0 Å². The number of carboxylic acid groups (broad SMARTS) is 1. The van der Waals surface area contributed by atoms with E-state index in [0.717, 1.165) is 5.56 Å². The Balaban J connectivity index is 1.71. The summed E-state index contributed by atoms with van der Waals surface area (Å²) in [5.74, 6) is -1.19. The van der Waals surface area contributed by atoms with E-state index >= 15 is 0 Å². The number of hydrogen-bond acceptors (Lipinski definition) is 4. The van der Waals surface area contributed by atoms with Gasteiger partial charge in [0.25, 0.3) is 5.91 Å². The fraction of sp³-hybridized carbons (Fsp3) is 0.0526. The number of pyridine rings is 2. The van der Waals surface area contributed by atoms with Crippen molar-refractivity contribution in [2.45, 2.75) is 6.54 Å². The van der Waals surface area contributed by atoms with E-state index in [1.54, 1.807) is 61.1 Å². The Labute approximate surface area is 144 Å². The number of carbonyl (C=O) groups is 2. The first-order valence-electron chi connectivity index (χ1n) is 7.61. The molecule has 2 aromatic heterocycles. The van der Waals surface area contributed by atoms with Gasteiger partial charge in [-0.05, 0) is 29.8 Å². The maximum atomic E-state index is 12.0. The van der Waals surface area contributed by atoms with Crippen LogP contribution >= 0.6 is 0 Å². The highest BCUT2D eigenvalue weighted by molar-refractivity contribution is 5.95. The molecule has 1 aromatic carbocycles. The average molecular weight is 333 g/mol. The van der Waals surface area contributed by atoms with Gasteiger partial charge in [0, 0.05) is 36.3 Å². The highest BCUT2D eigenvalue weighted by atomic mass is 16.4. The van der Waals surface area contributed by atoms with Crippen LogP contribution in [0.1, 0.15) is 26.3 Å². The molecule has 0 bridgehead atoms. The molecule has 0 unspecified atom stereocenters. The Hall–Kier alpha value is -3.54. The molecule has 2 N–H and O–H groups in total. The number of benzene rings is 1. The molecule has 3 rings (SSSR count). The molecule has 0 aliphatic rings. The van der Waals surface area contributed by atoms with Crippen molar-refractivity contribution < 1.29 is 14.7 Å². The fourth-order valence-electron chi connectivity index (χ4n) is 2.37. The Kier molecular flexibility index (Phi) is 4.80.